The summed E-state index contributed by atoms with van der Waals surface area (Å²) in [5, 5.41) is 9.15. The van der Waals surface area contributed by atoms with E-state index in [1.54, 1.807) is 10.7 Å². The number of ether oxygens (including phenoxy) is 1. The lowest BCUT2D eigenvalue weighted by molar-refractivity contribution is -0.123. The van der Waals surface area contributed by atoms with Crippen molar-refractivity contribution in [3.63, 3.8) is 0 Å². The molecule has 2 heterocycles. The quantitative estimate of drug-likeness (QED) is 0.321. The van der Waals surface area contributed by atoms with Gasteiger partial charge in [-0.3, -0.25) is 4.79 Å². The highest BCUT2D eigenvalue weighted by atomic mass is 35.5. The van der Waals surface area contributed by atoms with Crippen LogP contribution in [0.4, 0.5) is 0 Å². The van der Waals surface area contributed by atoms with Gasteiger partial charge in [0.1, 0.15) is 0 Å². The number of fused-ring (bicyclic) bond motifs is 1. The Morgan fingerprint density at radius 3 is 2.40 bits per heavy atom. The predicted molar refractivity (Wildman–Crippen MR) is 138 cm³/mol. The number of nitrogens with one attached hydrogen (secondary N) is 1. The molecule has 0 aliphatic rings. The van der Waals surface area contributed by atoms with Crippen LogP contribution in [0.15, 0.2) is 91.0 Å². The topological polar surface area (TPSA) is 69.0 Å². The summed E-state index contributed by atoms with van der Waals surface area (Å²) >= 11 is 6.18. The lowest BCUT2D eigenvalue weighted by Gasteiger charge is -2.11. The highest BCUT2D eigenvalue weighted by Crippen LogP contribution is 2.34. The molecule has 0 saturated heterocycles. The van der Waals surface area contributed by atoms with Crippen LogP contribution in [0, 0.1) is 6.92 Å². The van der Waals surface area contributed by atoms with Gasteiger partial charge in [0.25, 0.3) is 5.91 Å². The van der Waals surface area contributed by atoms with Gasteiger partial charge in [-0.1, -0.05) is 78.3 Å². The van der Waals surface area contributed by atoms with E-state index in [0.717, 1.165) is 33.5 Å². The molecule has 0 spiro atoms. The molecular formula is C28H23ClN4O2. The Bertz CT molecular complexity index is 1480. The number of para-hydroxylation sites is 1. The summed E-state index contributed by atoms with van der Waals surface area (Å²) in [6.45, 7) is 2.12. The number of hydrogen-bond donors (Lipinski definition) is 1. The Kier molecular flexibility index (Phi) is 6.46. The van der Waals surface area contributed by atoms with Crippen molar-refractivity contribution in [1.29, 1.82) is 0 Å². The van der Waals surface area contributed by atoms with Crippen LogP contribution >= 0.6 is 11.6 Å². The van der Waals surface area contributed by atoms with Crippen LogP contribution in [0.25, 0.3) is 27.8 Å². The van der Waals surface area contributed by atoms with E-state index in [4.69, 9.17) is 26.4 Å². The van der Waals surface area contributed by atoms with Crippen LogP contribution in [-0.2, 0) is 11.3 Å². The fraction of sp³-hybridized carbons (Fsp3) is 0.107. The van der Waals surface area contributed by atoms with Crippen LogP contribution in [0.5, 0.6) is 5.88 Å². The van der Waals surface area contributed by atoms with E-state index in [0.29, 0.717) is 23.1 Å². The van der Waals surface area contributed by atoms with Crippen molar-refractivity contribution < 1.29 is 9.53 Å². The van der Waals surface area contributed by atoms with Gasteiger partial charge < -0.3 is 10.1 Å². The molecular weight excluding hydrogens is 460 g/mol. The minimum atomic E-state index is -0.263. The van der Waals surface area contributed by atoms with Gasteiger partial charge in [0.15, 0.2) is 12.3 Å². The standard InChI is InChI=1S/C28H23ClN4O2/c1-19-27-23(20-10-4-2-5-11-20)16-26(31-28(27)33(32-19)22-13-6-3-7-14-22)35-18-25(34)30-17-21-12-8-9-15-24(21)29/h2-16H,17-18H2,1H3,(H,30,34). The van der Waals surface area contributed by atoms with Gasteiger partial charge in [0.05, 0.1) is 16.8 Å². The van der Waals surface area contributed by atoms with Crippen molar-refractivity contribution in [2.24, 2.45) is 0 Å². The molecule has 2 aromatic heterocycles. The third-order valence-corrected chi connectivity index (χ3v) is 6.03. The van der Waals surface area contributed by atoms with Crippen molar-refractivity contribution >= 4 is 28.5 Å². The van der Waals surface area contributed by atoms with Crippen molar-refractivity contribution in [2.45, 2.75) is 13.5 Å². The number of amides is 1. The normalized spacial score (nSPS) is 10.9. The lowest BCUT2D eigenvalue weighted by Crippen LogP contribution is -2.28. The van der Waals surface area contributed by atoms with E-state index in [1.807, 2.05) is 91.9 Å². The Morgan fingerprint density at radius 2 is 1.66 bits per heavy atom. The number of rotatable bonds is 7. The van der Waals surface area contributed by atoms with Gasteiger partial charge in [0, 0.05) is 17.6 Å². The van der Waals surface area contributed by atoms with Crippen LogP contribution in [-0.4, -0.2) is 27.3 Å². The Hall–Kier alpha value is -4.16. The molecule has 7 heteroatoms. The number of carbonyl (C=O) groups excluding carboxylic acids is 1. The molecule has 0 atom stereocenters. The van der Waals surface area contributed by atoms with Crippen molar-refractivity contribution in [1.82, 2.24) is 20.1 Å². The fourth-order valence-corrected chi connectivity index (χ4v) is 4.16. The molecule has 0 saturated carbocycles. The molecule has 0 aliphatic carbocycles. The first-order valence-electron chi connectivity index (χ1n) is 11.2. The van der Waals surface area contributed by atoms with Gasteiger partial charge in [-0.2, -0.15) is 10.1 Å². The zero-order valence-electron chi connectivity index (χ0n) is 19.1. The maximum Gasteiger partial charge on any atom is 0.258 e. The molecule has 5 rings (SSSR count). The van der Waals surface area contributed by atoms with Crippen LogP contribution < -0.4 is 10.1 Å². The number of halogens is 1. The molecule has 0 unspecified atom stereocenters. The van der Waals surface area contributed by atoms with Crippen molar-refractivity contribution in [3.05, 3.63) is 107 Å². The van der Waals surface area contributed by atoms with E-state index in [1.165, 1.54) is 0 Å². The number of carbonyl (C=O) groups is 1. The second kappa shape index (κ2) is 9.99. The monoisotopic (exact) mass is 482 g/mol. The summed E-state index contributed by atoms with van der Waals surface area (Å²) in [7, 11) is 0. The van der Waals surface area contributed by atoms with Gasteiger partial charge in [0.2, 0.25) is 5.88 Å². The minimum absolute atomic E-state index is 0.171. The number of aryl methyl sites for hydroxylation is 1. The molecule has 1 N–H and O–H groups in total. The highest BCUT2D eigenvalue weighted by Gasteiger charge is 2.18. The molecule has 35 heavy (non-hydrogen) atoms. The Balaban J connectivity index is 1.46. The number of pyridine rings is 1. The molecule has 3 aromatic carbocycles. The van der Waals surface area contributed by atoms with Crippen molar-refractivity contribution in [2.75, 3.05) is 6.61 Å². The maximum atomic E-state index is 12.5. The molecule has 0 radical (unpaired) electrons. The second-order valence-electron chi connectivity index (χ2n) is 8.06. The third kappa shape index (κ3) is 4.88. The molecule has 1 amide bonds. The molecule has 6 nitrogen and oxygen atoms in total. The first kappa shape index (κ1) is 22.6. The summed E-state index contributed by atoms with van der Waals surface area (Å²) in [5.74, 6) is 0.0853. The van der Waals surface area contributed by atoms with Crippen LogP contribution in [0.3, 0.4) is 0 Å². The van der Waals surface area contributed by atoms with Crippen LogP contribution in [0.1, 0.15) is 11.3 Å². The molecule has 0 aliphatic heterocycles. The van der Waals surface area contributed by atoms with E-state index in [2.05, 4.69) is 5.32 Å². The van der Waals surface area contributed by atoms with Gasteiger partial charge in [-0.15, -0.1) is 0 Å². The van der Waals surface area contributed by atoms with Gasteiger partial charge in [-0.25, -0.2) is 4.68 Å². The summed E-state index contributed by atoms with van der Waals surface area (Å²) in [6.07, 6.45) is 0. The average molecular weight is 483 g/mol. The number of nitrogens with zero attached hydrogens (tertiary/aromatic N) is 3. The second-order valence-corrected chi connectivity index (χ2v) is 8.47. The number of aromatic nitrogens is 3. The number of hydrogen-bond acceptors (Lipinski definition) is 4. The zero-order valence-corrected chi connectivity index (χ0v) is 19.9. The van der Waals surface area contributed by atoms with Gasteiger partial charge >= 0.3 is 0 Å². The first-order valence-corrected chi connectivity index (χ1v) is 11.6. The molecule has 0 fully saturated rings. The minimum Gasteiger partial charge on any atom is -0.467 e. The van der Waals surface area contributed by atoms with Crippen LogP contribution in [0.2, 0.25) is 5.02 Å². The summed E-state index contributed by atoms with van der Waals surface area (Å²) in [5.41, 5.74) is 5.23. The maximum absolute atomic E-state index is 12.5. The number of benzene rings is 3. The van der Waals surface area contributed by atoms with Crippen molar-refractivity contribution in [3.8, 4) is 22.7 Å². The SMILES string of the molecule is Cc1nn(-c2ccccc2)c2nc(OCC(=O)NCc3ccccc3Cl)cc(-c3ccccc3)c12. The summed E-state index contributed by atoms with van der Waals surface area (Å²) < 4.78 is 7.67. The van der Waals surface area contributed by atoms with E-state index in [-0.39, 0.29) is 12.5 Å². The Morgan fingerprint density at radius 1 is 0.971 bits per heavy atom. The third-order valence-electron chi connectivity index (χ3n) is 5.66. The lowest BCUT2D eigenvalue weighted by atomic mass is 10.0. The highest BCUT2D eigenvalue weighted by molar-refractivity contribution is 6.31. The van der Waals surface area contributed by atoms with E-state index >= 15 is 0 Å². The van der Waals surface area contributed by atoms with E-state index < -0.39 is 0 Å². The molecule has 174 valence electrons. The predicted octanol–water partition coefficient (Wildman–Crippen LogP) is 5.74. The van der Waals surface area contributed by atoms with Gasteiger partial charge in [-0.05, 0) is 41.8 Å². The van der Waals surface area contributed by atoms with E-state index in [9.17, 15) is 4.79 Å². The largest absolute Gasteiger partial charge is 0.467 e. The fourth-order valence-electron chi connectivity index (χ4n) is 3.96. The average Bonchev–Trinajstić information content (AvgIpc) is 3.24. The summed E-state index contributed by atoms with van der Waals surface area (Å²) in [4.78, 5) is 17.2. The molecule has 5 aromatic rings. The summed E-state index contributed by atoms with van der Waals surface area (Å²) in [6, 6.07) is 29.1. The first-order chi connectivity index (χ1) is 17.1. The smallest absolute Gasteiger partial charge is 0.258 e. The zero-order chi connectivity index (χ0) is 24.2. The molecule has 0 bridgehead atoms. The Labute approximate surface area is 208 Å².